The van der Waals surface area contributed by atoms with Crippen LogP contribution in [-0.2, 0) is 10.8 Å². The molecular formula is C52H38N2S2. The Morgan fingerprint density at radius 3 is 1.20 bits per heavy atom. The van der Waals surface area contributed by atoms with E-state index in [0.717, 1.165) is 0 Å². The Balaban J connectivity index is 1.09. The van der Waals surface area contributed by atoms with E-state index in [1.807, 2.05) is 22.7 Å². The molecule has 0 atom stereocenters. The lowest BCUT2D eigenvalue weighted by Gasteiger charge is -2.42. The molecule has 0 aliphatic carbocycles. The van der Waals surface area contributed by atoms with Crippen LogP contribution >= 0.6 is 22.7 Å². The summed E-state index contributed by atoms with van der Waals surface area (Å²) in [5.41, 5.74) is 12.7. The molecule has 0 fully saturated rings. The fourth-order valence-electron chi connectivity index (χ4n) is 9.96. The molecule has 268 valence electrons. The molecule has 0 amide bonds. The van der Waals surface area contributed by atoms with Crippen molar-refractivity contribution in [2.45, 2.75) is 38.5 Å². The topological polar surface area (TPSA) is 6.48 Å². The number of nitrogens with zero attached hydrogens (tertiary/aromatic N) is 2. The molecule has 56 heavy (non-hydrogen) atoms. The molecule has 0 radical (unpaired) electrons. The minimum atomic E-state index is -0.135. The highest BCUT2D eigenvalue weighted by Crippen LogP contribution is 2.58. The molecule has 4 heterocycles. The van der Waals surface area contributed by atoms with Crippen LogP contribution in [0.15, 0.2) is 158 Å². The Hall–Kier alpha value is -5.94. The predicted molar refractivity (Wildman–Crippen MR) is 243 cm³/mol. The molecule has 0 N–H and O–H groups in total. The average molecular weight is 755 g/mol. The second-order valence-corrected chi connectivity index (χ2v) is 18.7. The van der Waals surface area contributed by atoms with Crippen molar-refractivity contribution >= 4 is 108 Å². The lowest BCUT2D eigenvalue weighted by molar-refractivity contribution is 0.633. The average Bonchev–Trinajstić information content (AvgIpc) is 3.77. The number of hydrogen-bond acceptors (Lipinski definition) is 4. The van der Waals surface area contributed by atoms with Gasteiger partial charge >= 0.3 is 0 Å². The maximum absolute atomic E-state index is 2.51. The third-order valence-electron chi connectivity index (χ3n) is 12.8. The first kappa shape index (κ1) is 32.3. The number of rotatable bonds is 2. The van der Waals surface area contributed by atoms with E-state index in [9.17, 15) is 0 Å². The summed E-state index contributed by atoms with van der Waals surface area (Å²) in [6.45, 7) is 9.53. The van der Waals surface area contributed by atoms with Gasteiger partial charge in [-0.1, -0.05) is 125 Å². The van der Waals surface area contributed by atoms with Crippen molar-refractivity contribution in [2.24, 2.45) is 0 Å². The van der Waals surface area contributed by atoms with Crippen molar-refractivity contribution in [3.05, 3.63) is 180 Å². The van der Waals surface area contributed by atoms with Gasteiger partial charge in [-0.15, -0.1) is 22.7 Å². The number of fused-ring (bicyclic) bond motifs is 13. The maximum atomic E-state index is 2.51. The van der Waals surface area contributed by atoms with Gasteiger partial charge in [0.05, 0.1) is 32.1 Å². The molecule has 0 bridgehead atoms. The van der Waals surface area contributed by atoms with Gasteiger partial charge < -0.3 is 9.80 Å². The number of benzene rings is 8. The van der Waals surface area contributed by atoms with E-state index in [1.54, 1.807) is 0 Å². The van der Waals surface area contributed by atoms with Crippen LogP contribution in [0.5, 0.6) is 0 Å². The molecule has 10 aromatic rings. The summed E-state index contributed by atoms with van der Waals surface area (Å²) in [5, 5.41) is 7.89. The largest absolute Gasteiger partial charge is 0.308 e. The van der Waals surface area contributed by atoms with Crippen LogP contribution in [0.1, 0.15) is 49.9 Å². The zero-order valence-corrected chi connectivity index (χ0v) is 33.4. The van der Waals surface area contributed by atoms with Crippen molar-refractivity contribution in [1.82, 2.24) is 0 Å². The first-order valence-corrected chi connectivity index (χ1v) is 21.1. The first-order valence-electron chi connectivity index (χ1n) is 19.5. The van der Waals surface area contributed by atoms with Crippen molar-refractivity contribution in [2.75, 3.05) is 9.80 Å². The molecule has 0 saturated heterocycles. The normalized spacial score (nSPS) is 15.4. The third kappa shape index (κ3) is 4.26. The fraction of sp³-hybridized carbons (Fsp3) is 0.115. The van der Waals surface area contributed by atoms with Crippen LogP contribution in [0.4, 0.5) is 34.1 Å². The van der Waals surface area contributed by atoms with E-state index >= 15 is 0 Å². The van der Waals surface area contributed by atoms with Crippen LogP contribution in [0.2, 0.25) is 0 Å². The molecule has 4 heteroatoms. The van der Waals surface area contributed by atoms with Crippen LogP contribution in [0, 0.1) is 0 Å². The van der Waals surface area contributed by atoms with E-state index in [1.165, 1.54) is 107 Å². The monoisotopic (exact) mass is 754 g/mol. The molecular weight excluding hydrogens is 717 g/mol. The molecule has 0 spiro atoms. The highest BCUT2D eigenvalue weighted by molar-refractivity contribution is 7.27. The van der Waals surface area contributed by atoms with Gasteiger partial charge in [-0.3, -0.25) is 0 Å². The molecule has 2 aliphatic heterocycles. The van der Waals surface area contributed by atoms with Gasteiger partial charge in [-0.2, -0.15) is 0 Å². The molecule has 2 aromatic heterocycles. The van der Waals surface area contributed by atoms with Crippen LogP contribution in [0.25, 0.3) is 51.1 Å². The Labute approximate surface area is 334 Å². The minimum Gasteiger partial charge on any atom is -0.308 e. The second-order valence-electron chi connectivity index (χ2n) is 16.6. The zero-order valence-electron chi connectivity index (χ0n) is 31.7. The summed E-state index contributed by atoms with van der Waals surface area (Å²) >= 11 is 3.88. The van der Waals surface area contributed by atoms with Gasteiger partial charge in [0.15, 0.2) is 0 Å². The number of para-hydroxylation sites is 4. The van der Waals surface area contributed by atoms with Gasteiger partial charge in [0.25, 0.3) is 0 Å². The summed E-state index contributed by atoms with van der Waals surface area (Å²) in [7, 11) is 0. The van der Waals surface area contributed by atoms with Crippen molar-refractivity contribution in [1.29, 1.82) is 0 Å². The van der Waals surface area contributed by atoms with Crippen molar-refractivity contribution in [3.63, 3.8) is 0 Å². The summed E-state index contributed by atoms with van der Waals surface area (Å²) in [6.07, 6.45) is 0. The molecule has 12 rings (SSSR count). The highest BCUT2D eigenvalue weighted by Gasteiger charge is 2.40. The van der Waals surface area contributed by atoms with E-state index in [-0.39, 0.29) is 10.8 Å². The summed E-state index contributed by atoms with van der Waals surface area (Å²) in [6, 6.07) is 59.1. The van der Waals surface area contributed by atoms with E-state index in [2.05, 4.69) is 195 Å². The summed E-state index contributed by atoms with van der Waals surface area (Å²) < 4.78 is 5.36. The Bertz CT molecular complexity index is 3040. The summed E-state index contributed by atoms with van der Waals surface area (Å²) in [4.78, 5) is 5.02. The van der Waals surface area contributed by atoms with Crippen LogP contribution in [0.3, 0.4) is 0 Å². The molecule has 2 nitrogen and oxygen atoms in total. The summed E-state index contributed by atoms with van der Waals surface area (Å²) in [5.74, 6) is 0. The minimum absolute atomic E-state index is 0.135. The SMILES string of the molecule is CC1(C)c2ccccc2N(c2ccccc2)c2c1ccc1c2sc2cc3cc4c(cc3cc21)sc1c2c(ccc14)C(C)(C)c1ccccc1N2c1ccccc1. The lowest BCUT2D eigenvalue weighted by Crippen LogP contribution is -2.30. The van der Waals surface area contributed by atoms with Gasteiger partial charge in [0.1, 0.15) is 0 Å². The first-order chi connectivity index (χ1) is 27.3. The van der Waals surface area contributed by atoms with E-state index in [0.29, 0.717) is 0 Å². The highest BCUT2D eigenvalue weighted by atomic mass is 32.1. The third-order valence-corrected chi connectivity index (χ3v) is 15.1. The lowest BCUT2D eigenvalue weighted by atomic mass is 9.73. The molecule has 0 saturated carbocycles. The predicted octanol–water partition coefficient (Wildman–Crippen LogP) is 15.8. The van der Waals surface area contributed by atoms with Gasteiger partial charge in [-0.05, 0) is 93.7 Å². The molecule has 2 aliphatic rings. The number of hydrogen-bond donors (Lipinski definition) is 0. The second kappa shape index (κ2) is 11.3. The Morgan fingerprint density at radius 2 is 0.768 bits per heavy atom. The standard InChI is InChI=1S/C52H38N2S2/c1-51(2)39-19-11-13-21-43(39)53(33-15-7-5-8-16-33)47-41(51)25-23-35-37-27-31-30-46-38(28-32(31)29-45(37)55-49(35)47)36-24-26-42-48(50(36)56-46)54(34-17-9-6-10-18-34)44-22-14-12-20-40(44)52(42,3)4/h5-30H,1-4H3. The van der Waals surface area contributed by atoms with Crippen LogP contribution < -0.4 is 9.80 Å². The molecule has 8 aromatic carbocycles. The van der Waals surface area contributed by atoms with Gasteiger partial charge in [0, 0.05) is 53.1 Å². The maximum Gasteiger partial charge on any atom is 0.0681 e. The molecule has 0 unspecified atom stereocenters. The smallest absolute Gasteiger partial charge is 0.0681 e. The Morgan fingerprint density at radius 1 is 0.375 bits per heavy atom. The zero-order chi connectivity index (χ0) is 37.5. The number of anilines is 6. The fourth-order valence-corrected chi connectivity index (χ4v) is 12.5. The van der Waals surface area contributed by atoms with Gasteiger partial charge in [-0.25, -0.2) is 0 Å². The van der Waals surface area contributed by atoms with Gasteiger partial charge in [0.2, 0.25) is 0 Å². The Kier molecular flexibility index (Phi) is 6.53. The van der Waals surface area contributed by atoms with Crippen molar-refractivity contribution < 1.29 is 0 Å². The van der Waals surface area contributed by atoms with Crippen LogP contribution in [-0.4, -0.2) is 0 Å². The van der Waals surface area contributed by atoms with E-state index < -0.39 is 0 Å². The number of thiophene rings is 2. The van der Waals surface area contributed by atoms with E-state index in [4.69, 9.17) is 0 Å². The quantitative estimate of drug-likeness (QED) is 0.173. The van der Waals surface area contributed by atoms with Crippen molar-refractivity contribution in [3.8, 4) is 0 Å².